The molecule has 0 atom stereocenters. The van der Waals surface area contributed by atoms with Crippen LogP contribution < -0.4 is 0 Å². The third-order valence-electron chi connectivity index (χ3n) is 1.53. The summed E-state index contributed by atoms with van der Waals surface area (Å²) >= 11 is 1.33. The minimum atomic E-state index is -0.288. The van der Waals surface area contributed by atoms with E-state index in [1.165, 1.54) is 11.3 Å². The third kappa shape index (κ3) is 2.66. The van der Waals surface area contributed by atoms with Gasteiger partial charge >= 0.3 is 5.97 Å². The molecule has 13 heavy (non-hydrogen) atoms. The summed E-state index contributed by atoms with van der Waals surface area (Å²) in [5, 5.41) is 1.79. The van der Waals surface area contributed by atoms with E-state index in [2.05, 4.69) is 0 Å². The molecule has 0 N–H and O–H groups in total. The second kappa shape index (κ2) is 4.77. The number of thiophene rings is 1. The van der Waals surface area contributed by atoms with E-state index in [1.807, 2.05) is 0 Å². The highest BCUT2D eigenvalue weighted by molar-refractivity contribution is 7.11. The topological polar surface area (TPSA) is 43.4 Å². The first kappa shape index (κ1) is 9.92. The number of aldehydes is 1. The van der Waals surface area contributed by atoms with Crippen LogP contribution in [0.1, 0.15) is 22.2 Å². The zero-order chi connectivity index (χ0) is 9.68. The minimum Gasteiger partial charge on any atom is -0.466 e. The molecule has 0 aromatic carbocycles. The highest BCUT2D eigenvalue weighted by Gasteiger charge is 2.08. The summed E-state index contributed by atoms with van der Waals surface area (Å²) in [5.41, 5.74) is 0.749. The Morgan fingerprint density at radius 1 is 1.69 bits per heavy atom. The molecule has 0 radical (unpaired) electrons. The van der Waals surface area contributed by atoms with Crippen LogP contribution in [0.5, 0.6) is 0 Å². The SMILES string of the molecule is CCOC(=O)Cc1ccsc1C=O. The molecule has 70 valence electrons. The fourth-order valence-corrected chi connectivity index (χ4v) is 1.69. The van der Waals surface area contributed by atoms with Gasteiger partial charge in [-0.25, -0.2) is 0 Å². The molecular weight excluding hydrogens is 188 g/mol. The summed E-state index contributed by atoms with van der Waals surface area (Å²) in [4.78, 5) is 22.1. The molecule has 1 rings (SSSR count). The van der Waals surface area contributed by atoms with Crippen molar-refractivity contribution in [2.24, 2.45) is 0 Å². The highest BCUT2D eigenvalue weighted by atomic mass is 32.1. The van der Waals surface area contributed by atoms with Gasteiger partial charge in [0.25, 0.3) is 0 Å². The largest absolute Gasteiger partial charge is 0.466 e. The number of esters is 1. The Kier molecular flexibility index (Phi) is 3.64. The van der Waals surface area contributed by atoms with Gasteiger partial charge in [-0.3, -0.25) is 9.59 Å². The zero-order valence-corrected chi connectivity index (χ0v) is 8.10. The average Bonchev–Trinajstić information content (AvgIpc) is 2.52. The molecule has 0 aliphatic rings. The molecule has 1 heterocycles. The van der Waals surface area contributed by atoms with Crippen molar-refractivity contribution >= 4 is 23.6 Å². The molecule has 1 aromatic heterocycles. The van der Waals surface area contributed by atoms with E-state index < -0.39 is 0 Å². The van der Waals surface area contributed by atoms with Crippen molar-refractivity contribution in [3.05, 3.63) is 21.9 Å². The summed E-state index contributed by atoms with van der Waals surface area (Å²) in [6, 6.07) is 1.77. The molecule has 4 heteroatoms. The van der Waals surface area contributed by atoms with E-state index in [0.29, 0.717) is 11.5 Å². The van der Waals surface area contributed by atoms with Crippen LogP contribution in [-0.4, -0.2) is 18.9 Å². The van der Waals surface area contributed by atoms with Crippen LogP contribution in [0.2, 0.25) is 0 Å². The van der Waals surface area contributed by atoms with Crippen molar-refractivity contribution in [1.29, 1.82) is 0 Å². The summed E-state index contributed by atoms with van der Waals surface area (Å²) in [6.45, 7) is 2.13. The van der Waals surface area contributed by atoms with E-state index in [4.69, 9.17) is 4.74 Å². The molecule has 0 spiro atoms. The van der Waals surface area contributed by atoms with Crippen LogP contribution in [-0.2, 0) is 16.0 Å². The second-order valence-electron chi connectivity index (χ2n) is 2.41. The Morgan fingerprint density at radius 2 is 2.46 bits per heavy atom. The predicted molar refractivity (Wildman–Crippen MR) is 50.0 cm³/mol. The molecule has 0 aliphatic heterocycles. The van der Waals surface area contributed by atoms with E-state index in [0.717, 1.165) is 11.8 Å². The van der Waals surface area contributed by atoms with Crippen LogP contribution in [0.3, 0.4) is 0 Å². The molecule has 3 nitrogen and oxygen atoms in total. The first-order valence-electron chi connectivity index (χ1n) is 3.95. The van der Waals surface area contributed by atoms with Gasteiger partial charge in [0.1, 0.15) is 0 Å². The number of carbonyl (C=O) groups is 2. The monoisotopic (exact) mass is 198 g/mol. The number of carbonyl (C=O) groups excluding carboxylic acids is 2. The van der Waals surface area contributed by atoms with Crippen molar-refractivity contribution in [2.75, 3.05) is 6.61 Å². The van der Waals surface area contributed by atoms with E-state index in [1.54, 1.807) is 18.4 Å². The van der Waals surface area contributed by atoms with Gasteiger partial charge in [0.05, 0.1) is 17.9 Å². The van der Waals surface area contributed by atoms with Gasteiger partial charge in [0.2, 0.25) is 0 Å². The quantitative estimate of drug-likeness (QED) is 0.546. The summed E-state index contributed by atoms with van der Waals surface area (Å²) in [5.74, 6) is -0.288. The van der Waals surface area contributed by atoms with Gasteiger partial charge in [0, 0.05) is 0 Å². The number of rotatable bonds is 4. The lowest BCUT2D eigenvalue weighted by Gasteiger charge is -1.99. The van der Waals surface area contributed by atoms with Gasteiger partial charge in [0.15, 0.2) is 6.29 Å². The van der Waals surface area contributed by atoms with Crippen molar-refractivity contribution in [2.45, 2.75) is 13.3 Å². The van der Waals surface area contributed by atoms with Crippen LogP contribution in [0.25, 0.3) is 0 Å². The Balaban J connectivity index is 2.62. The summed E-state index contributed by atoms with van der Waals surface area (Å²) in [6.07, 6.45) is 0.949. The van der Waals surface area contributed by atoms with Crippen molar-refractivity contribution < 1.29 is 14.3 Å². The maximum Gasteiger partial charge on any atom is 0.310 e. The van der Waals surface area contributed by atoms with Crippen LogP contribution in [0.15, 0.2) is 11.4 Å². The third-order valence-corrected chi connectivity index (χ3v) is 2.41. The lowest BCUT2D eigenvalue weighted by Crippen LogP contribution is -2.07. The van der Waals surface area contributed by atoms with Gasteiger partial charge < -0.3 is 4.74 Å². The first-order valence-corrected chi connectivity index (χ1v) is 4.83. The molecule has 0 saturated heterocycles. The number of hydrogen-bond acceptors (Lipinski definition) is 4. The molecule has 1 aromatic rings. The lowest BCUT2D eigenvalue weighted by molar-refractivity contribution is -0.142. The second-order valence-corrected chi connectivity index (χ2v) is 3.36. The van der Waals surface area contributed by atoms with Gasteiger partial charge in [-0.05, 0) is 23.9 Å². The van der Waals surface area contributed by atoms with Crippen molar-refractivity contribution in [3.8, 4) is 0 Å². The molecule has 0 amide bonds. The Hall–Kier alpha value is -1.16. The normalized spacial score (nSPS) is 9.62. The first-order chi connectivity index (χ1) is 6.27. The van der Waals surface area contributed by atoms with Gasteiger partial charge in [-0.15, -0.1) is 11.3 Å². The number of hydrogen-bond donors (Lipinski definition) is 0. The maximum atomic E-state index is 11.0. The predicted octanol–water partition coefficient (Wildman–Crippen LogP) is 1.67. The molecule has 0 saturated carbocycles. The lowest BCUT2D eigenvalue weighted by atomic mass is 10.2. The number of ether oxygens (including phenoxy) is 1. The van der Waals surface area contributed by atoms with E-state index >= 15 is 0 Å². The Bertz CT molecular complexity index is 304. The fraction of sp³-hybridized carbons (Fsp3) is 0.333. The maximum absolute atomic E-state index is 11.0. The molecular formula is C9H10O3S. The molecule has 0 fully saturated rings. The van der Waals surface area contributed by atoms with Crippen molar-refractivity contribution in [3.63, 3.8) is 0 Å². The highest BCUT2D eigenvalue weighted by Crippen LogP contribution is 2.15. The summed E-state index contributed by atoms with van der Waals surface area (Å²) < 4.78 is 4.76. The minimum absolute atomic E-state index is 0.186. The molecule has 0 aliphatic carbocycles. The van der Waals surface area contributed by atoms with Crippen LogP contribution >= 0.6 is 11.3 Å². The van der Waals surface area contributed by atoms with Crippen molar-refractivity contribution in [1.82, 2.24) is 0 Å². The Morgan fingerprint density at radius 3 is 3.08 bits per heavy atom. The standard InChI is InChI=1S/C9H10O3S/c1-2-12-9(11)5-7-3-4-13-8(7)6-10/h3-4,6H,2,5H2,1H3. The zero-order valence-electron chi connectivity index (χ0n) is 7.28. The average molecular weight is 198 g/mol. The Labute approximate surface area is 80.3 Å². The smallest absolute Gasteiger partial charge is 0.310 e. The van der Waals surface area contributed by atoms with E-state index in [9.17, 15) is 9.59 Å². The van der Waals surface area contributed by atoms with E-state index in [-0.39, 0.29) is 12.4 Å². The van der Waals surface area contributed by atoms with Crippen LogP contribution in [0, 0.1) is 0 Å². The van der Waals surface area contributed by atoms with Gasteiger partial charge in [-0.1, -0.05) is 0 Å². The van der Waals surface area contributed by atoms with Gasteiger partial charge in [-0.2, -0.15) is 0 Å². The van der Waals surface area contributed by atoms with Crippen LogP contribution in [0.4, 0.5) is 0 Å². The molecule has 0 bridgehead atoms. The summed E-state index contributed by atoms with van der Waals surface area (Å²) in [7, 11) is 0. The fourth-order valence-electron chi connectivity index (χ4n) is 0.964. The molecule has 0 unspecified atom stereocenters.